The molecule has 2 unspecified atom stereocenters. The first kappa shape index (κ1) is 41.9. The second-order valence-corrected chi connectivity index (χ2v) is 20.8. The van der Waals surface area contributed by atoms with Crippen LogP contribution in [0.1, 0.15) is 137 Å². The summed E-state index contributed by atoms with van der Waals surface area (Å²) in [6, 6.07) is 35.0. The monoisotopic (exact) mass is 858 g/mol. The molecule has 9 heteroatoms. The Morgan fingerprint density at radius 3 is 2.19 bits per heavy atom. The van der Waals surface area contributed by atoms with Crippen LogP contribution in [-0.2, 0) is 0 Å². The highest BCUT2D eigenvalue weighted by atomic mass is 32.1. The van der Waals surface area contributed by atoms with Crippen molar-refractivity contribution in [3.63, 3.8) is 0 Å². The summed E-state index contributed by atoms with van der Waals surface area (Å²) in [6.45, 7) is 18.0. The van der Waals surface area contributed by atoms with Crippen LogP contribution in [-0.4, -0.2) is 73.9 Å². The van der Waals surface area contributed by atoms with E-state index in [1.165, 1.54) is 48.9 Å². The maximum absolute atomic E-state index is 11.9. The molecular weight excluding hydrogens is 797 g/mol. The van der Waals surface area contributed by atoms with Gasteiger partial charge < -0.3 is 20.0 Å². The van der Waals surface area contributed by atoms with Crippen molar-refractivity contribution in [3.8, 4) is 10.8 Å². The predicted octanol–water partition coefficient (Wildman–Crippen LogP) is 11.1. The zero-order valence-corrected chi connectivity index (χ0v) is 38.6. The van der Waals surface area contributed by atoms with Crippen LogP contribution in [0.2, 0.25) is 0 Å². The molecular formula is C54H62N6O2S. The first-order chi connectivity index (χ1) is 30.4. The number of aromatic nitrogens is 3. The van der Waals surface area contributed by atoms with Crippen LogP contribution >= 0.6 is 11.3 Å². The van der Waals surface area contributed by atoms with Crippen molar-refractivity contribution in [2.24, 2.45) is 10.4 Å². The van der Waals surface area contributed by atoms with Gasteiger partial charge in [0.05, 0.1) is 11.3 Å². The maximum atomic E-state index is 11.9. The van der Waals surface area contributed by atoms with E-state index < -0.39 is 5.60 Å². The molecule has 0 radical (unpaired) electrons. The van der Waals surface area contributed by atoms with Crippen molar-refractivity contribution < 1.29 is 10.2 Å². The Balaban J connectivity index is 0.733. The number of rotatable bonds is 9. The van der Waals surface area contributed by atoms with E-state index in [9.17, 15) is 10.2 Å². The van der Waals surface area contributed by atoms with Crippen LogP contribution in [0.15, 0.2) is 102 Å². The molecule has 4 aromatic carbocycles. The van der Waals surface area contributed by atoms with Crippen LogP contribution < -0.4 is 4.90 Å². The Bertz CT molecular complexity index is 2620. The molecule has 326 valence electrons. The van der Waals surface area contributed by atoms with Crippen LogP contribution in [0.25, 0.3) is 5.00 Å². The van der Waals surface area contributed by atoms with Crippen molar-refractivity contribution in [1.29, 1.82) is 0 Å². The van der Waals surface area contributed by atoms with E-state index in [-0.39, 0.29) is 17.9 Å². The van der Waals surface area contributed by atoms with Gasteiger partial charge in [-0.05, 0) is 156 Å². The first-order valence-corrected chi connectivity index (χ1v) is 24.0. The Hall–Kier alpha value is -5.09. The third kappa shape index (κ3) is 7.84. The van der Waals surface area contributed by atoms with Gasteiger partial charge in [0.1, 0.15) is 22.6 Å². The SMILES string of the molecule is Cc1cc(O)ccc1C(c1ccc(C2CCN(CC3(O)CCC4(CC3)CN(c3ccc(C5=N[C@@H](C)c6nnc(C)n6-c6sc(C)c(C)c65)cc3)C4)CC2)cc1)C(C)c1ccccc1. The molecule has 0 bridgehead atoms. The molecule has 2 N–H and O–H groups in total. The summed E-state index contributed by atoms with van der Waals surface area (Å²) in [4.78, 5) is 11.6. The predicted molar refractivity (Wildman–Crippen MR) is 256 cm³/mol. The molecule has 0 amide bonds. The van der Waals surface area contributed by atoms with E-state index in [4.69, 9.17) is 4.99 Å². The van der Waals surface area contributed by atoms with Crippen molar-refractivity contribution in [2.45, 2.75) is 109 Å². The number of phenols is 1. The summed E-state index contributed by atoms with van der Waals surface area (Å²) >= 11 is 1.80. The highest BCUT2D eigenvalue weighted by Gasteiger charge is 2.49. The number of aryl methyl sites for hydroxylation is 3. The Kier molecular flexibility index (Phi) is 11.0. The van der Waals surface area contributed by atoms with Crippen molar-refractivity contribution in [1.82, 2.24) is 19.7 Å². The number of hydrogen-bond donors (Lipinski definition) is 2. The number of fused-ring (bicyclic) bond motifs is 3. The van der Waals surface area contributed by atoms with Crippen LogP contribution in [0.3, 0.4) is 0 Å². The molecule has 4 aliphatic rings. The molecule has 1 saturated carbocycles. The third-order valence-electron chi connectivity index (χ3n) is 15.4. The molecule has 6 aromatic rings. The van der Waals surface area contributed by atoms with Crippen molar-refractivity contribution in [3.05, 3.63) is 158 Å². The standard InChI is InChI=1S/C54H62N6O2S/c1-34-30-46(61)20-21-47(34)48(36(3)40-10-8-7-9-11-40)43-14-12-41(13-15-43)42-22-28-58(29-23-42)33-54(62)26-24-53(25-27-54)31-59(32-53)45-18-16-44(17-19-45)50-49-35(2)38(5)63-52(49)60-39(6)56-57-51(60)37(4)55-50/h7-21,30,36-37,42,48,61-62H,22-29,31-33H2,1-6H3/t36?,37-,48?/m0/s1. The number of anilines is 1. The van der Waals surface area contributed by atoms with Crippen molar-refractivity contribution in [2.75, 3.05) is 37.6 Å². The second-order valence-electron chi connectivity index (χ2n) is 19.6. The quantitative estimate of drug-likeness (QED) is 0.151. The fourth-order valence-corrected chi connectivity index (χ4v) is 12.7. The Labute approximate surface area is 377 Å². The van der Waals surface area contributed by atoms with E-state index >= 15 is 0 Å². The van der Waals surface area contributed by atoms with Gasteiger partial charge in [-0.15, -0.1) is 21.5 Å². The summed E-state index contributed by atoms with van der Waals surface area (Å²) in [5.74, 6) is 3.12. The first-order valence-electron chi connectivity index (χ1n) is 23.2. The van der Waals surface area contributed by atoms with E-state index in [0.717, 1.165) is 99.7 Å². The van der Waals surface area contributed by atoms with Gasteiger partial charge >= 0.3 is 0 Å². The third-order valence-corrected chi connectivity index (χ3v) is 16.6. The lowest BCUT2D eigenvalue weighted by molar-refractivity contribution is -0.0649. The number of aliphatic imine (C=N–C) groups is 1. The number of aromatic hydroxyl groups is 1. The molecule has 10 rings (SSSR count). The second kappa shape index (κ2) is 16.5. The highest BCUT2D eigenvalue weighted by Crippen LogP contribution is 2.49. The number of benzene rings is 4. The van der Waals surface area contributed by atoms with Gasteiger partial charge in [0.15, 0.2) is 5.82 Å². The molecule has 3 fully saturated rings. The fraction of sp³-hybridized carbons (Fsp3) is 0.426. The van der Waals surface area contributed by atoms with Crippen LogP contribution in [0.5, 0.6) is 5.75 Å². The van der Waals surface area contributed by atoms with Gasteiger partial charge in [-0.3, -0.25) is 9.56 Å². The minimum Gasteiger partial charge on any atom is -0.508 e. The van der Waals surface area contributed by atoms with E-state index in [2.05, 4.69) is 144 Å². The minimum absolute atomic E-state index is 0.0898. The smallest absolute Gasteiger partial charge is 0.162 e. The molecule has 2 aromatic heterocycles. The normalized spacial score (nSPS) is 20.7. The van der Waals surface area contributed by atoms with Gasteiger partial charge in [0.2, 0.25) is 0 Å². The van der Waals surface area contributed by atoms with E-state index in [0.29, 0.717) is 17.1 Å². The van der Waals surface area contributed by atoms with Gasteiger partial charge in [-0.2, -0.15) is 0 Å². The van der Waals surface area contributed by atoms with Gasteiger partial charge in [-0.25, -0.2) is 0 Å². The molecule has 8 nitrogen and oxygen atoms in total. The maximum Gasteiger partial charge on any atom is 0.162 e. The molecule has 3 atom stereocenters. The lowest BCUT2D eigenvalue weighted by atomic mass is 9.64. The summed E-state index contributed by atoms with van der Waals surface area (Å²) in [6.07, 6.45) is 6.19. The van der Waals surface area contributed by atoms with E-state index in [1.54, 1.807) is 11.3 Å². The number of nitrogens with zero attached hydrogens (tertiary/aromatic N) is 6. The topological polar surface area (TPSA) is 90.0 Å². The van der Waals surface area contributed by atoms with Gasteiger partial charge in [0.25, 0.3) is 0 Å². The zero-order valence-electron chi connectivity index (χ0n) is 37.8. The molecule has 3 aliphatic heterocycles. The molecule has 1 spiro atoms. The number of β-amino-alcohol motifs (C(OH)–C–C–N with tert-alkyl or cyclic N) is 1. The lowest BCUT2D eigenvalue weighted by Crippen LogP contribution is -2.60. The fourth-order valence-electron chi connectivity index (χ4n) is 11.5. The zero-order chi connectivity index (χ0) is 43.6. The number of piperidine rings is 1. The number of phenolic OH excluding ortho intramolecular Hbond substituents is 1. The molecule has 63 heavy (non-hydrogen) atoms. The number of thiophene rings is 1. The largest absolute Gasteiger partial charge is 0.508 e. The lowest BCUT2D eigenvalue weighted by Gasteiger charge is -2.56. The number of aliphatic hydroxyl groups is 1. The summed E-state index contributed by atoms with van der Waals surface area (Å²) < 4.78 is 2.20. The van der Waals surface area contributed by atoms with Gasteiger partial charge in [0, 0.05) is 52.7 Å². The molecule has 1 aliphatic carbocycles. The summed E-state index contributed by atoms with van der Waals surface area (Å²) in [5.41, 5.74) is 12.1. The van der Waals surface area contributed by atoms with E-state index in [1.807, 2.05) is 19.1 Å². The number of likely N-dealkylation sites (tertiary alicyclic amines) is 1. The molecule has 5 heterocycles. The summed E-state index contributed by atoms with van der Waals surface area (Å²) in [5, 5.41) is 32.2. The average Bonchev–Trinajstić information content (AvgIpc) is 3.77. The number of hydrogen-bond acceptors (Lipinski definition) is 8. The molecule has 2 saturated heterocycles. The Morgan fingerprint density at radius 1 is 0.810 bits per heavy atom. The van der Waals surface area contributed by atoms with Crippen molar-refractivity contribution >= 4 is 22.7 Å². The van der Waals surface area contributed by atoms with Crippen LogP contribution in [0, 0.1) is 33.1 Å². The highest BCUT2D eigenvalue weighted by molar-refractivity contribution is 7.15. The Morgan fingerprint density at radius 2 is 1.51 bits per heavy atom. The average molecular weight is 859 g/mol. The van der Waals surface area contributed by atoms with Crippen LogP contribution in [0.4, 0.5) is 5.69 Å². The summed E-state index contributed by atoms with van der Waals surface area (Å²) in [7, 11) is 0. The minimum atomic E-state index is -0.600. The van der Waals surface area contributed by atoms with Gasteiger partial charge in [-0.1, -0.05) is 79.7 Å².